The quantitative estimate of drug-likeness (QED) is 0.277. The van der Waals surface area contributed by atoms with E-state index < -0.39 is 28.5 Å². The molecule has 1 N–H and O–H groups in total. The first-order valence-corrected chi connectivity index (χ1v) is 15.3. The first-order valence-electron chi connectivity index (χ1n) is 13.1. The molecule has 0 saturated carbocycles. The van der Waals surface area contributed by atoms with E-state index in [1.165, 1.54) is 12.0 Å². The van der Waals surface area contributed by atoms with Crippen molar-refractivity contribution in [3.05, 3.63) is 95.0 Å². The summed E-state index contributed by atoms with van der Waals surface area (Å²) >= 11 is 6.23. The maximum Gasteiger partial charge on any atom is 0.244 e. The molecule has 10 heteroatoms. The van der Waals surface area contributed by atoms with Gasteiger partial charge in [0.15, 0.2) is 0 Å². The van der Waals surface area contributed by atoms with E-state index in [1.54, 1.807) is 42.5 Å². The standard InChI is InChI=1S/C30H36ClN3O5S/c1-4-5-18-32-30(36)28(20-23-10-7-6-8-11-23)33(21-24-12-9-13-25(31)19-24)29(35)22-34(40(3,37)38)26-14-16-27(39-2)17-15-26/h6-17,19,28H,4-5,18,20-22H2,1-3H3,(H,32,36)/t28-/m1/s1. The number of hydrogen-bond acceptors (Lipinski definition) is 5. The van der Waals surface area contributed by atoms with Gasteiger partial charge in [-0.1, -0.05) is 67.4 Å². The fourth-order valence-electron chi connectivity index (χ4n) is 4.25. The summed E-state index contributed by atoms with van der Waals surface area (Å²) in [5.74, 6) is -0.270. The molecular weight excluding hydrogens is 550 g/mol. The number of sulfonamides is 1. The molecule has 2 amide bonds. The van der Waals surface area contributed by atoms with Gasteiger partial charge in [-0.25, -0.2) is 8.42 Å². The van der Waals surface area contributed by atoms with Crippen LogP contribution in [0.25, 0.3) is 0 Å². The summed E-state index contributed by atoms with van der Waals surface area (Å²) in [5.41, 5.74) is 1.90. The SMILES string of the molecule is CCCCNC(=O)[C@@H](Cc1ccccc1)N(Cc1cccc(Cl)c1)C(=O)CN(c1ccc(OC)cc1)S(C)(=O)=O. The van der Waals surface area contributed by atoms with E-state index in [2.05, 4.69) is 5.32 Å². The highest BCUT2D eigenvalue weighted by Gasteiger charge is 2.33. The Labute approximate surface area is 241 Å². The van der Waals surface area contributed by atoms with Crippen molar-refractivity contribution in [2.24, 2.45) is 0 Å². The van der Waals surface area contributed by atoms with E-state index in [1.807, 2.05) is 43.3 Å². The van der Waals surface area contributed by atoms with E-state index in [4.69, 9.17) is 16.3 Å². The Balaban J connectivity index is 2.02. The number of methoxy groups -OCH3 is 1. The Bertz CT molecular complexity index is 1370. The molecule has 0 aliphatic rings. The van der Waals surface area contributed by atoms with Gasteiger partial charge in [-0.2, -0.15) is 0 Å². The van der Waals surface area contributed by atoms with Crippen LogP contribution in [0.15, 0.2) is 78.9 Å². The van der Waals surface area contributed by atoms with Gasteiger partial charge >= 0.3 is 0 Å². The van der Waals surface area contributed by atoms with Crippen molar-refractivity contribution in [2.45, 2.75) is 38.8 Å². The minimum atomic E-state index is -3.84. The highest BCUT2D eigenvalue weighted by Crippen LogP contribution is 2.23. The molecule has 0 bridgehead atoms. The summed E-state index contributed by atoms with van der Waals surface area (Å²) < 4.78 is 31.9. The molecule has 0 heterocycles. The Morgan fingerprint density at radius 1 is 0.975 bits per heavy atom. The third-order valence-electron chi connectivity index (χ3n) is 6.38. The summed E-state index contributed by atoms with van der Waals surface area (Å²) in [4.78, 5) is 29.1. The zero-order valence-corrected chi connectivity index (χ0v) is 24.6. The average molecular weight is 586 g/mol. The lowest BCUT2D eigenvalue weighted by atomic mass is 10.0. The number of carbonyl (C=O) groups excluding carboxylic acids is 2. The van der Waals surface area contributed by atoms with Crippen LogP contribution in [0.4, 0.5) is 5.69 Å². The van der Waals surface area contributed by atoms with Crippen molar-refractivity contribution >= 4 is 39.1 Å². The van der Waals surface area contributed by atoms with Gasteiger partial charge < -0.3 is 15.0 Å². The van der Waals surface area contributed by atoms with Crippen LogP contribution in [0.2, 0.25) is 5.02 Å². The van der Waals surface area contributed by atoms with Gasteiger partial charge in [0, 0.05) is 24.5 Å². The van der Waals surface area contributed by atoms with Gasteiger partial charge in [0.05, 0.1) is 19.1 Å². The number of unbranched alkanes of at least 4 members (excludes halogenated alkanes) is 1. The van der Waals surface area contributed by atoms with Crippen molar-refractivity contribution in [3.63, 3.8) is 0 Å². The smallest absolute Gasteiger partial charge is 0.244 e. The minimum Gasteiger partial charge on any atom is -0.497 e. The molecule has 0 radical (unpaired) electrons. The number of nitrogens with zero attached hydrogens (tertiary/aromatic N) is 2. The van der Waals surface area contributed by atoms with Crippen LogP contribution in [0.5, 0.6) is 5.75 Å². The molecule has 0 aromatic heterocycles. The summed E-state index contributed by atoms with van der Waals surface area (Å²) in [7, 11) is -2.33. The molecule has 8 nitrogen and oxygen atoms in total. The molecule has 214 valence electrons. The fourth-order valence-corrected chi connectivity index (χ4v) is 5.32. The van der Waals surface area contributed by atoms with E-state index in [9.17, 15) is 18.0 Å². The number of rotatable bonds is 14. The zero-order chi connectivity index (χ0) is 29.1. The highest BCUT2D eigenvalue weighted by atomic mass is 35.5. The summed E-state index contributed by atoms with van der Waals surface area (Å²) in [6.45, 7) is 2.08. The average Bonchev–Trinajstić information content (AvgIpc) is 2.93. The summed E-state index contributed by atoms with van der Waals surface area (Å²) in [6.07, 6.45) is 3.00. The van der Waals surface area contributed by atoms with Crippen LogP contribution in [0, 0.1) is 0 Å². The van der Waals surface area contributed by atoms with Crippen LogP contribution in [0.1, 0.15) is 30.9 Å². The van der Waals surface area contributed by atoms with E-state index >= 15 is 0 Å². The van der Waals surface area contributed by atoms with Crippen LogP contribution < -0.4 is 14.4 Å². The lowest BCUT2D eigenvalue weighted by molar-refractivity contribution is -0.140. The Morgan fingerprint density at radius 3 is 2.25 bits per heavy atom. The third kappa shape index (κ3) is 8.99. The maximum absolute atomic E-state index is 14.0. The maximum atomic E-state index is 14.0. The predicted molar refractivity (Wildman–Crippen MR) is 159 cm³/mol. The predicted octanol–water partition coefficient (Wildman–Crippen LogP) is 4.67. The number of benzene rings is 3. The molecule has 0 spiro atoms. The van der Waals surface area contributed by atoms with E-state index in [0.717, 1.165) is 34.5 Å². The molecule has 0 unspecified atom stereocenters. The fraction of sp³-hybridized carbons (Fsp3) is 0.333. The monoisotopic (exact) mass is 585 g/mol. The second kappa shape index (κ2) is 14.7. The third-order valence-corrected chi connectivity index (χ3v) is 7.76. The topological polar surface area (TPSA) is 96.0 Å². The first-order chi connectivity index (χ1) is 19.1. The number of halogens is 1. The number of anilines is 1. The van der Waals surface area contributed by atoms with Crippen LogP contribution in [-0.2, 0) is 32.6 Å². The molecule has 0 aliphatic carbocycles. The van der Waals surface area contributed by atoms with Crippen molar-refractivity contribution < 1.29 is 22.7 Å². The number of nitrogens with one attached hydrogen (secondary N) is 1. The van der Waals surface area contributed by atoms with Crippen LogP contribution >= 0.6 is 11.6 Å². The Hall–Kier alpha value is -3.56. The zero-order valence-electron chi connectivity index (χ0n) is 23.0. The van der Waals surface area contributed by atoms with Gasteiger partial charge in [0.2, 0.25) is 21.8 Å². The number of amides is 2. The van der Waals surface area contributed by atoms with Crippen molar-refractivity contribution in [1.82, 2.24) is 10.2 Å². The normalized spacial score (nSPS) is 11.9. The van der Waals surface area contributed by atoms with E-state index in [0.29, 0.717) is 23.0 Å². The van der Waals surface area contributed by atoms with Gasteiger partial charge in [-0.05, 0) is 53.9 Å². The summed E-state index contributed by atoms with van der Waals surface area (Å²) in [5, 5.41) is 3.45. The van der Waals surface area contributed by atoms with Crippen molar-refractivity contribution in [2.75, 3.05) is 30.8 Å². The van der Waals surface area contributed by atoms with Gasteiger partial charge in [-0.3, -0.25) is 13.9 Å². The molecule has 0 saturated heterocycles. The Morgan fingerprint density at radius 2 is 1.65 bits per heavy atom. The number of carbonyl (C=O) groups is 2. The molecule has 0 fully saturated rings. The molecular formula is C30H36ClN3O5S. The van der Waals surface area contributed by atoms with E-state index in [-0.39, 0.29) is 18.9 Å². The molecule has 0 aliphatic heterocycles. The van der Waals surface area contributed by atoms with Crippen LogP contribution in [0.3, 0.4) is 0 Å². The van der Waals surface area contributed by atoms with Gasteiger partial charge in [-0.15, -0.1) is 0 Å². The lowest BCUT2D eigenvalue weighted by Crippen LogP contribution is -2.53. The summed E-state index contributed by atoms with van der Waals surface area (Å²) in [6, 6.07) is 22.0. The van der Waals surface area contributed by atoms with Gasteiger partial charge in [0.25, 0.3) is 0 Å². The molecule has 3 aromatic rings. The lowest BCUT2D eigenvalue weighted by Gasteiger charge is -2.33. The molecule has 3 rings (SSSR count). The largest absolute Gasteiger partial charge is 0.497 e. The number of hydrogen-bond donors (Lipinski definition) is 1. The van der Waals surface area contributed by atoms with Crippen LogP contribution in [-0.4, -0.2) is 57.6 Å². The van der Waals surface area contributed by atoms with Crippen molar-refractivity contribution in [3.8, 4) is 5.75 Å². The minimum absolute atomic E-state index is 0.0678. The molecule has 3 aromatic carbocycles. The second-order valence-electron chi connectivity index (χ2n) is 9.47. The van der Waals surface area contributed by atoms with Crippen molar-refractivity contribution in [1.29, 1.82) is 0 Å². The second-order valence-corrected chi connectivity index (χ2v) is 11.8. The Kier molecular flexibility index (Phi) is 11.4. The van der Waals surface area contributed by atoms with Gasteiger partial charge in [0.1, 0.15) is 18.3 Å². The number of ether oxygens (including phenoxy) is 1. The molecule has 1 atom stereocenters. The highest BCUT2D eigenvalue weighted by molar-refractivity contribution is 7.92. The first kappa shape index (κ1) is 31.0. The molecule has 40 heavy (non-hydrogen) atoms.